The molecule has 2 heterocycles. The third kappa shape index (κ3) is 4.67. The number of para-hydroxylation sites is 1. The monoisotopic (exact) mass is 391 g/mol. The first kappa shape index (κ1) is 19.6. The number of hydrogen-bond acceptors (Lipinski definition) is 5. The zero-order valence-electron chi connectivity index (χ0n) is 17.3. The van der Waals surface area contributed by atoms with Crippen LogP contribution < -0.4 is 15.6 Å². The van der Waals surface area contributed by atoms with Gasteiger partial charge in [0.1, 0.15) is 5.75 Å². The molecule has 0 aliphatic carbocycles. The van der Waals surface area contributed by atoms with E-state index in [2.05, 4.69) is 54.1 Å². The number of aromatic nitrogens is 2. The number of nitrogens with one attached hydrogen (secondary N) is 2. The van der Waals surface area contributed by atoms with Crippen LogP contribution in [-0.4, -0.2) is 47.5 Å². The number of rotatable bonds is 7. The Morgan fingerprint density at radius 2 is 1.97 bits per heavy atom. The fraction of sp³-hybridized carbons (Fsp3) is 0.348. The number of likely N-dealkylation sites (N-methyl/N-ethyl adjacent to an activating group) is 1. The normalized spacial score (nSPS) is 19.0. The lowest BCUT2D eigenvalue weighted by atomic mass is 10.1. The second-order valence-electron chi connectivity index (χ2n) is 7.83. The molecule has 0 amide bonds. The SMILES string of the molecule is COc1cccc(-c2nn(-c3ccccc3)cc2CN(C)CC2CC(C)NN2)c1. The van der Waals surface area contributed by atoms with Crippen LogP contribution >= 0.6 is 0 Å². The fourth-order valence-electron chi connectivity index (χ4n) is 3.91. The van der Waals surface area contributed by atoms with Crippen molar-refractivity contribution in [1.82, 2.24) is 25.5 Å². The third-order valence-corrected chi connectivity index (χ3v) is 5.30. The van der Waals surface area contributed by atoms with E-state index in [-0.39, 0.29) is 0 Å². The van der Waals surface area contributed by atoms with Crippen molar-refractivity contribution in [3.05, 3.63) is 66.4 Å². The van der Waals surface area contributed by atoms with Crippen molar-refractivity contribution in [2.75, 3.05) is 20.7 Å². The highest BCUT2D eigenvalue weighted by Crippen LogP contribution is 2.27. The van der Waals surface area contributed by atoms with Crippen molar-refractivity contribution >= 4 is 0 Å². The standard InChI is InChI=1S/C23H29N5O/c1-17-12-20(25-24-17)16-27(2)14-19-15-28(21-9-5-4-6-10-21)26-23(19)18-8-7-11-22(13-18)29-3/h4-11,13,15,17,20,24-25H,12,14,16H2,1-3H3. The van der Waals surface area contributed by atoms with Crippen LogP contribution in [0.5, 0.6) is 5.75 Å². The molecule has 2 unspecified atom stereocenters. The molecule has 1 saturated heterocycles. The van der Waals surface area contributed by atoms with Gasteiger partial charge in [-0.2, -0.15) is 5.10 Å². The van der Waals surface area contributed by atoms with Crippen LogP contribution in [0.1, 0.15) is 18.9 Å². The maximum absolute atomic E-state index is 5.43. The lowest BCUT2D eigenvalue weighted by molar-refractivity contribution is 0.289. The number of methoxy groups -OCH3 is 1. The number of hydrogen-bond donors (Lipinski definition) is 2. The molecule has 0 spiro atoms. The Hall–Kier alpha value is -2.67. The van der Waals surface area contributed by atoms with Gasteiger partial charge in [0.15, 0.2) is 0 Å². The Labute approximate surface area is 172 Å². The summed E-state index contributed by atoms with van der Waals surface area (Å²) in [7, 11) is 3.86. The lowest BCUT2D eigenvalue weighted by Gasteiger charge is -2.20. The van der Waals surface area contributed by atoms with E-state index >= 15 is 0 Å². The summed E-state index contributed by atoms with van der Waals surface area (Å²) < 4.78 is 7.39. The minimum atomic E-state index is 0.458. The minimum absolute atomic E-state index is 0.458. The number of hydrazine groups is 1. The molecule has 0 bridgehead atoms. The van der Waals surface area contributed by atoms with Gasteiger partial charge < -0.3 is 9.64 Å². The van der Waals surface area contributed by atoms with Gasteiger partial charge in [0.05, 0.1) is 18.5 Å². The van der Waals surface area contributed by atoms with Crippen LogP contribution in [0.15, 0.2) is 60.8 Å². The zero-order chi connectivity index (χ0) is 20.2. The van der Waals surface area contributed by atoms with Crippen molar-refractivity contribution in [3.63, 3.8) is 0 Å². The molecular formula is C23H29N5O. The van der Waals surface area contributed by atoms with E-state index in [0.29, 0.717) is 12.1 Å². The highest BCUT2D eigenvalue weighted by Gasteiger charge is 2.22. The predicted octanol–water partition coefficient (Wildman–Crippen LogP) is 3.23. The van der Waals surface area contributed by atoms with Crippen LogP contribution in [-0.2, 0) is 6.54 Å². The van der Waals surface area contributed by atoms with Crippen LogP contribution in [0.25, 0.3) is 16.9 Å². The van der Waals surface area contributed by atoms with Crippen LogP contribution in [0.3, 0.4) is 0 Å². The molecular weight excluding hydrogens is 362 g/mol. The molecule has 6 nitrogen and oxygen atoms in total. The van der Waals surface area contributed by atoms with Crippen molar-refractivity contribution in [3.8, 4) is 22.7 Å². The molecule has 1 aliphatic heterocycles. The molecule has 2 atom stereocenters. The van der Waals surface area contributed by atoms with Gasteiger partial charge in [0.25, 0.3) is 0 Å². The number of nitrogens with zero attached hydrogens (tertiary/aromatic N) is 3. The van der Waals surface area contributed by atoms with Crippen molar-refractivity contribution in [1.29, 1.82) is 0 Å². The summed E-state index contributed by atoms with van der Waals surface area (Å²) in [5.41, 5.74) is 11.0. The van der Waals surface area contributed by atoms with E-state index < -0.39 is 0 Å². The molecule has 1 aromatic heterocycles. The average Bonchev–Trinajstić information content (AvgIpc) is 3.34. The van der Waals surface area contributed by atoms with Gasteiger partial charge in [-0.05, 0) is 44.7 Å². The maximum Gasteiger partial charge on any atom is 0.119 e. The summed E-state index contributed by atoms with van der Waals surface area (Å²) in [6.07, 6.45) is 3.28. The van der Waals surface area contributed by atoms with E-state index in [0.717, 1.165) is 42.2 Å². The van der Waals surface area contributed by atoms with Gasteiger partial charge in [0, 0.05) is 42.5 Å². The zero-order valence-corrected chi connectivity index (χ0v) is 17.3. The summed E-state index contributed by atoms with van der Waals surface area (Å²) in [6.45, 7) is 4.01. The third-order valence-electron chi connectivity index (χ3n) is 5.30. The van der Waals surface area contributed by atoms with Crippen LogP contribution in [0, 0.1) is 0 Å². The quantitative estimate of drug-likeness (QED) is 0.648. The highest BCUT2D eigenvalue weighted by atomic mass is 16.5. The molecule has 3 aromatic rings. The van der Waals surface area contributed by atoms with Crippen LogP contribution in [0.4, 0.5) is 0 Å². The first-order chi connectivity index (χ1) is 14.1. The summed E-state index contributed by atoms with van der Waals surface area (Å²) in [4.78, 5) is 2.35. The van der Waals surface area contributed by atoms with E-state index in [1.54, 1.807) is 7.11 Å². The maximum atomic E-state index is 5.43. The van der Waals surface area contributed by atoms with Crippen molar-refractivity contribution < 1.29 is 4.74 Å². The Morgan fingerprint density at radius 3 is 2.69 bits per heavy atom. The van der Waals surface area contributed by atoms with Gasteiger partial charge in [-0.15, -0.1) is 0 Å². The molecule has 6 heteroatoms. The van der Waals surface area contributed by atoms with E-state index in [9.17, 15) is 0 Å². The fourth-order valence-corrected chi connectivity index (χ4v) is 3.91. The molecule has 152 valence electrons. The van der Waals surface area contributed by atoms with Gasteiger partial charge in [0.2, 0.25) is 0 Å². The van der Waals surface area contributed by atoms with Gasteiger partial charge >= 0.3 is 0 Å². The molecule has 1 fully saturated rings. The van der Waals surface area contributed by atoms with E-state index in [1.807, 2.05) is 41.1 Å². The highest BCUT2D eigenvalue weighted by molar-refractivity contribution is 5.65. The second-order valence-corrected chi connectivity index (χ2v) is 7.83. The Bertz CT molecular complexity index is 939. The molecule has 0 radical (unpaired) electrons. The minimum Gasteiger partial charge on any atom is -0.497 e. The Kier molecular flexibility index (Phi) is 5.94. The topological polar surface area (TPSA) is 54.4 Å². The summed E-state index contributed by atoms with van der Waals surface area (Å²) in [5.74, 6) is 0.839. The smallest absolute Gasteiger partial charge is 0.119 e. The molecule has 2 aromatic carbocycles. The first-order valence-corrected chi connectivity index (χ1v) is 10.1. The van der Waals surface area contributed by atoms with Crippen molar-refractivity contribution in [2.24, 2.45) is 0 Å². The molecule has 4 rings (SSSR count). The van der Waals surface area contributed by atoms with E-state index in [1.165, 1.54) is 5.56 Å². The van der Waals surface area contributed by atoms with Gasteiger partial charge in [-0.1, -0.05) is 30.3 Å². The number of ether oxygens (including phenoxy) is 1. The molecule has 2 N–H and O–H groups in total. The molecule has 1 aliphatic rings. The predicted molar refractivity (Wildman–Crippen MR) is 116 cm³/mol. The van der Waals surface area contributed by atoms with Gasteiger partial charge in [-0.25, -0.2) is 4.68 Å². The Morgan fingerprint density at radius 1 is 1.14 bits per heavy atom. The lowest BCUT2D eigenvalue weighted by Crippen LogP contribution is -2.39. The summed E-state index contributed by atoms with van der Waals surface area (Å²) in [5, 5.41) is 4.93. The largest absolute Gasteiger partial charge is 0.497 e. The first-order valence-electron chi connectivity index (χ1n) is 10.1. The Balaban J connectivity index is 1.62. The second kappa shape index (κ2) is 8.78. The molecule has 0 saturated carbocycles. The average molecular weight is 392 g/mol. The van der Waals surface area contributed by atoms with Gasteiger partial charge in [-0.3, -0.25) is 10.9 Å². The van der Waals surface area contributed by atoms with E-state index in [4.69, 9.17) is 9.84 Å². The molecule has 29 heavy (non-hydrogen) atoms. The van der Waals surface area contributed by atoms with Crippen LogP contribution in [0.2, 0.25) is 0 Å². The summed E-state index contributed by atoms with van der Waals surface area (Å²) in [6, 6.07) is 19.3. The van der Waals surface area contributed by atoms with Crippen molar-refractivity contribution in [2.45, 2.75) is 32.0 Å². The summed E-state index contributed by atoms with van der Waals surface area (Å²) >= 11 is 0. The number of benzene rings is 2.